The van der Waals surface area contributed by atoms with Crippen LogP contribution >= 0.6 is 0 Å². The number of nitrogens with zero attached hydrogens (tertiary/aromatic N) is 2. The predicted octanol–water partition coefficient (Wildman–Crippen LogP) is 3.43. The predicted molar refractivity (Wildman–Crippen MR) is 106 cm³/mol. The first-order valence-electron chi connectivity index (χ1n) is 9.59. The molecule has 1 fully saturated rings. The zero-order chi connectivity index (χ0) is 18.8. The van der Waals surface area contributed by atoms with Crippen LogP contribution in [0.2, 0.25) is 0 Å². The monoisotopic (exact) mass is 363 g/mol. The standard InChI is InChI=1S/C22H25N3O2/c1-15(21-23-19-10-6-5-9-18(19)22(27)24-21)25-13-11-17(12-14-25)20(26)16-7-3-2-4-8-16/h2-10,15,17,20,26H,11-14H2,1H3,(H,23,24,27)/t15-,20-/m0/s1. The van der Waals surface area contributed by atoms with Crippen LogP contribution in [0.5, 0.6) is 0 Å². The smallest absolute Gasteiger partial charge is 0.258 e. The van der Waals surface area contributed by atoms with E-state index in [0.29, 0.717) is 11.2 Å². The van der Waals surface area contributed by atoms with Crippen molar-refractivity contribution in [3.8, 4) is 0 Å². The second-order valence-corrected chi connectivity index (χ2v) is 7.37. The highest BCUT2D eigenvalue weighted by atomic mass is 16.3. The molecule has 5 heteroatoms. The van der Waals surface area contributed by atoms with E-state index in [0.717, 1.165) is 37.0 Å². The van der Waals surface area contributed by atoms with E-state index < -0.39 is 6.10 Å². The van der Waals surface area contributed by atoms with Crippen LogP contribution in [-0.2, 0) is 0 Å². The van der Waals surface area contributed by atoms with Crippen molar-refractivity contribution in [3.63, 3.8) is 0 Å². The van der Waals surface area contributed by atoms with E-state index in [1.165, 1.54) is 0 Å². The van der Waals surface area contributed by atoms with E-state index in [1.54, 1.807) is 6.07 Å². The van der Waals surface area contributed by atoms with Gasteiger partial charge in [0.2, 0.25) is 0 Å². The minimum absolute atomic E-state index is 0.0390. The normalized spacial score (nSPS) is 18.4. The molecule has 2 heterocycles. The SMILES string of the molecule is C[C@@H](c1nc2ccccc2c(=O)[nH]1)N1CCC([C@@H](O)c2ccccc2)CC1. The van der Waals surface area contributed by atoms with Gasteiger partial charge in [-0.3, -0.25) is 9.69 Å². The fourth-order valence-corrected chi connectivity index (χ4v) is 4.02. The van der Waals surface area contributed by atoms with Crippen molar-refractivity contribution in [2.24, 2.45) is 5.92 Å². The molecule has 2 atom stereocenters. The third kappa shape index (κ3) is 3.66. The van der Waals surface area contributed by atoms with Gasteiger partial charge in [0, 0.05) is 0 Å². The lowest BCUT2D eigenvalue weighted by molar-refractivity contribution is 0.0460. The topological polar surface area (TPSA) is 69.2 Å². The number of piperidine rings is 1. The molecule has 0 saturated carbocycles. The first kappa shape index (κ1) is 17.9. The van der Waals surface area contributed by atoms with Crippen LogP contribution in [0.15, 0.2) is 59.4 Å². The molecule has 0 unspecified atom stereocenters. The molecule has 0 amide bonds. The molecule has 140 valence electrons. The lowest BCUT2D eigenvalue weighted by Gasteiger charge is -2.37. The highest BCUT2D eigenvalue weighted by Gasteiger charge is 2.29. The Morgan fingerprint density at radius 3 is 2.48 bits per heavy atom. The van der Waals surface area contributed by atoms with Gasteiger partial charge in [-0.05, 0) is 56.5 Å². The van der Waals surface area contributed by atoms with Gasteiger partial charge in [-0.15, -0.1) is 0 Å². The molecule has 0 spiro atoms. The summed E-state index contributed by atoms with van der Waals surface area (Å²) in [6, 6.07) is 17.4. The number of aliphatic hydroxyl groups is 1. The van der Waals surface area contributed by atoms with Crippen molar-refractivity contribution in [1.29, 1.82) is 0 Å². The Bertz CT molecular complexity index is 962. The fourth-order valence-electron chi connectivity index (χ4n) is 4.02. The van der Waals surface area contributed by atoms with E-state index in [-0.39, 0.29) is 17.5 Å². The minimum Gasteiger partial charge on any atom is -0.388 e. The highest BCUT2D eigenvalue weighted by molar-refractivity contribution is 5.77. The summed E-state index contributed by atoms with van der Waals surface area (Å²) in [4.78, 5) is 22.3. The van der Waals surface area contributed by atoms with E-state index >= 15 is 0 Å². The van der Waals surface area contributed by atoms with Gasteiger partial charge in [0.1, 0.15) is 5.82 Å². The maximum atomic E-state index is 12.3. The maximum Gasteiger partial charge on any atom is 0.258 e. The summed E-state index contributed by atoms with van der Waals surface area (Å²) in [6.07, 6.45) is 1.44. The van der Waals surface area contributed by atoms with Crippen molar-refractivity contribution in [2.45, 2.75) is 31.9 Å². The number of nitrogens with one attached hydrogen (secondary N) is 1. The average Bonchev–Trinajstić information content (AvgIpc) is 2.73. The molecule has 3 aromatic rings. The van der Waals surface area contributed by atoms with E-state index in [1.807, 2.05) is 48.5 Å². The first-order chi connectivity index (χ1) is 13.1. The average molecular weight is 363 g/mol. The van der Waals surface area contributed by atoms with Gasteiger partial charge >= 0.3 is 0 Å². The lowest BCUT2D eigenvalue weighted by atomic mass is 9.87. The van der Waals surface area contributed by atoms with Gasteiger partial charge in [0.25, 0.3) is 5.56 Å². The third-order valence-electron chi connectivity index (χ3n) is 5.74. The van der Waals surface area contributed by atoms with E-state index in [2.05, 4.69) is 21.8 Å². The summed E-state index contributed by atoms with van der Waals surface area (Å²) in [7, 11) is 0. The number of hydrogen-bond donors (Lipinski definition) is 2. The zero-order valence-corrected chi connectivity index (χ0v) is 15.5. The highest BCUT2D eigenvalue weighted by Crippen LogP contribution is 2.33. The molecule has 1 aliphatic heterocycles. The van der Waals surface area contributed by atoms with Crippen molar-refractivity contribution in [3.05, 3.63) is 76.3 Å². The zero-order valence-electron chi connectivity index (χ0n) is 15.5. The lowest BCUT2D eigenvalue weighted by Crippen LogP contribution is -2.38. The number of aromatic nitrogens is 2. The number of rotatable bonds is 4. The van der Waals surface area contributed by atoms with Crippen LogP contribution in [0.3, 0.4) is 0 Å². The Balaban J connectivity index is 1.46. The van der Waals surface area contributed by atoms with Crippen molar-refractivity contribution >= 4 is 10.9 Å². The van der Waals surface area contributed by atoms with Gasteiger partial charge in [-0.1, -0.05) is 42.5 Å². The number of aliphatic hydroxyl groups excluding tert-OH is 1. The number of H-pyrrole nitrogens is 1. The summed E-state index contributed by atoms with van der Waals surface area (Å²) in [5, 5.41) is 11.3. The molecule has 1 aromatic heterocycles. The number of fused-ring (bicyclic) bond motifs is 1. The van der Waals surface area contributed by atoms with Gasteiger partial charge in [0.15, 0.2) is 0 Å². The Kier molecular flexibility index (Phi) is 5.05. The Labute approximate surface area is 158 Å². The summed E-state index contributed by atoms with van der Waals surface area (Å²) in [6.45, 7) is 3.85. The summed E-state index contributed by atoms with van der Waals surface area (Å²) in [5.41, 5.74) is 1.64. The van der Waals surface area contributed by atoms with Crippen LogP contribution in [0.25, 0.3) is 10.9 Å². The molecule has 1 aliphatic rings. The van der Waals surface area contributed by atoms with Gasteiger partial charge in [-0.25, -0.2) is 4.98 Å². The summed E-state index contributed by atoms with van der Waals surface area (Å²) < 4.78 is 0. The molecular formula is C22H25N3O2. The molecular weight excluding hydrogens is 338 g/mol. The van der Waals surface area contributed by atoms with Crippen LogP contribution in [0, 0.1) is 5.92 Å². The van der Waals surface area contributed by atoms with Crippen LogP contribution < -0.4 is 5.56 Å². The molecule has 4 rings (SSSR count). The second-order valence-electron chi connectivity index (χ2n) is 7.37. The van der Waals surface area contributed by atoms with Crippen molar-refractivity contribution in [2.75, 3.05) is 13.1 Å². The van der Waals surface area contributed by atoms with E-state index in [4.69, 9.17) is 0 Å². The Morgan fingerprint density at radius 2 is 1.74 bits per heavy atom. The summed E-state index contributed by atoms with van der Waals surface area (Å²) >= 11 is 0. The molecule has 2 aromatic carbocycles. The van der Waals surface area contributed by atoms with Crippen molar-refractivity contribution in [1.82, 2.24) is 14.9 Å². The van der Waals surface area contributed by atoms with Crippen LogP contribution in [0.4, 0.5) is 0 Å². The number of likely N-dealkylation sites (tertiary alicyclic amines) is 1. The first-order valence-corrected chi connectivity index (χ1v) is 9.59. The molecule has 0 aliphatic carbocycles. The van der Waals surface area contributed by atoms with Gasteiger partial charge in [0.05, 0.1) is 23.0 Å². The third-order valence-corrected chi connectivity index (χ3v) is 5.74. The van der Waals surface area contributed by atoms with Gasteiger partial charge < -0.3 is 10.1 Å². The fraction of sp³-hybridized carbons (Fsp3) is 0.364. The number of hydrogen-bond acceptors (Lipinski definition) is 4. The quantitative estimate of drug-likeness (QED) is 0.745. The Hall–Kier alpha value is -2.50. The van der Waals surface area contributed by atoms with Gasteiger partial charge in [-0.2, -0.15) is 0 Å². The second kappa shape index (κ2) is 7.62. The molecule has 2 N–H and O–H groups in total. The molecule has 0 bridgehead atoms. The summed E-state index contributed by atoms with van der Waals surface area (Å²) in [5.74, 6) is 0.972. The largest absolute Gasteiger partial charge is 0.388 e. The number of aromatic amines is 1. The van der Waals surface area contributed by atoms with E-state index in [9.17, 15) is 9.90 Å². The maximum absolute atomic E-state index is 12.3. The Morgan fingerprint density at radius 1 is 1.07 bits per heavy atom. The molecule has 0 radical (unpaired) electrons. The van der Waals surface area contributed by atoms with Crippen molar-refractivity contribution < 1.29 is 5.11 Å². The van der Waals surface area contributed by atoms with Crippen LogP contribution in [-0.4, -0.2) is 33.1 Å². The number of para-hydroxylation sites is 1. The van der Waals surface area contributed by atoms with Crippen LogP contribution in [0.1, 0.15) is 43.3 Å². The number of benzene rings is 2. The molecule has 1 saturated heterocycles. The molecule has 27 heavy (non-hydrogen) atoms. The molecule has 5 nitrogen and oxygen atoms in total. The minimum atomic E-state index is -0.415.